The lowest BCUT2D eigenvalue weighted by molar-refractivity contribution is -0.385. The number of hydrogen-bond donors (Lipinski definition) is 1. The molecule has 0 atom stereocenters. The maximum Gasteiger partial charge on any atom is 0.273 e. The molecule has 0 aliphatic rings. The number of sulfonamides is 1. The van der Waals surface area contributed by atoms with Gasteiger partial charge in [-0.15, -0.1) is 0 Å². The lowest BCUT2D eigenvalue weighted by atomic mass is 10.2. The van der Waals surface area contributed by atoms with Crippen LogP contribution in [0.1, 0.15) is 16.7 Å². The summed E-state index contributed by atoms with van der Waals surface area (Å²) in [7, 11) is -2.94. The second kappa shape index (κ2) is 13.8. The number of aryl methyl sites for hydroxylation is 1. The summed E-state index contributed by atoms with van der Waals surface area (Å²) >= 11 is 5.90. The molecule has 4 aromatic rings. The molecule has 0 aromatic heterocycles. The van der Waals surface area contributed by atoms with E-state index in [4.69, 9.17) is 21.1 Å². The van der Waals surface area contributed by atoms with Gasteiger partial charge in [-0.25, -0.2) is 13.8 Å². The van der Waals surface area contributed by atoms with E-state index in [1.54, 1.807) is 36.4 Å². The maximum absolute atomic E-state index is 13.6. The van der Waals surface area contributed by atoms with Crippen LogP contribution in [-0.4, -0.2) is 39.1 Å². The zero-order valence-electron chi connectivity index (χ0n) is 23.1. The number of nitro benzene ring substituents is 1. The number of benzene rings is 4. The Kier molecular flexibility index (Phi) is 9.96. The van der Waals surface area contributed by atoms with Crippen molar-refractivity contribution in [3.63, 3.8) is 0 Å². The minimum absolute atomic E-state index is 0.150. The van der Waals surface area contributed by atoms with Crippen LogP contribution in [-0.2, 0) is 21.4 Å². The second-order valence-corrected chi connectivity index (χ2v) is 11.5. The summed E-state index contributed by atoms with van der Waals surface area (Å²) in [5.41, 5.74) is 4.05. The van der Waals surface area contributed by atoms with Crippen LogP contribution >= 0.6 is 11.6 Å². The zero-order chi connectivity index (χ0) is 31.0. The van der Waals surface area contributed by atoms with Crippen LogP contribution in [0.15, 0.2) is 101 Å². The molecule has 0 bridgehead atoms. The molecule has 43 heavy (non-hydrogen) atoms. The van der Waals surface area contributed by atoms with Gasteiger partial charge >= 0.3 is 0 Å². The van der Waals surface area contributed by atoms with Gasteiger partial charge in [-0.2, -0.15) is 5.10 Å². The molecule has 0 aliphatic carbocycles. The minimum atomic E-state index is -4.40. The van der Waals surface area contributed by atoms with E-state index in [2.05, 4.69) is 10.5 Å². The highest BCUT2D eigenvalue weighted by Crippen LogP contribution is 2.29. The lowest BCUT2D eigenvalue weighted by Gasteiger charge is -2.24. The molecule has 0 saturated carbocycles. The summed E-state index contributed by atoms with van der Waals surface area (Å²) in [6.45, 7) is 1.22. The standard InChI is InChI=1S/C30H27ClN4O7S/c1-21-3-16-28(17-29(21)35(37)38)43(39,40)34(25-10-14-26(41-2)15-11-25)19-30(36)33-32-18-22-6-12-27(13-7-22)42-20-23-4-8-24(31)9-5-23/h3-18H,19-20H2,1-2H3,(H,33,36)/b32-18-. The number of hydrazone groups is 1. The molecule has 0 radical (unpaired) electrons. The van der Waals surface area contributed by atoms with Crippen LogP contribution in [0, 0.1) is 17.0 Å². The quantitative estimate of drug-likeness (QED) is 0.125. The van der Waals surface area contributed by atoms with Crippen LogP contribution in [0.25, 0.3) is 0 Å². The third kappa shape index (κ3) is 8.09. The highest BCUT2D eigenvalue weighted by atomic mass is 35.5. The highest BCUT2D eigenvalue weighted by molar-refractivity contribution is 7.92. The third-order valence-corrected chi connectivity index (χ3v) is 8.24. The molecule has 0 saturated heterocycles. The number of anilines is 1. The summed E-state index contributed by atoms with van der Waals surface area (Å²) in [6, 6.07) is 23.9. The van der Waals surface area contributed by atoms with Gasteiger partial charge in [0.1, 0.15) is 24.7 Å². The molecule has 4 aromatic carbocycles. The Morgan fingerprint density at radius 3 is 2.28 bits per heavy atom. The number of nitrogens with zero attached hydrogens (tertiary/aromatic N) is 3. The van der Waals surface area contributed by atoms with Crippen LogP contribution in [0.5, 0.6) is 11.5 Å². The third-order valence-electron chi connectivity index (χ3n) is 6.21. The molecule has 1 N–H and O–H groups in total. The minimum Gasteiger partial charge on any atom is -0.497 e. The molecular formula is C30H27ClN4O7S. The van der Waals surface area contributed by atoms with E-state index in [1.807, 2.05) is 12.1 Å². The number of amides is 1. The van der Waals surface area contributed by atoms with Crippen molar-refractivity contribution in [3.05, 3.63) is 123 Å². The van der Waals surface area contributed by atoms with Crippen molar-refractivity contribution in [1.29, 1.82) is 0 Å². The van der Waals surface area contributed by atoms with Crippen molar-refractivity contribution in [2.75, 3.05) is 18.0 Å². The Balaban J connectivity index is 1.46. The Morgan fingerprint density at radius 2 is 1.65 bits per heavy atom. The van der Waals surface area contributed by atoms with E-state index >= 15 is 0 Å². The Hall–Kier alpha value is -4.94. The molecule has 1 amide bonds. The fourth-order valence-corrected chi connectivity index (χ4v) is 5.45. The first-order valence-electron chi connectivity index (χ1n) is 12.8. The first-order chi connectivity index (χ1) is 20.6. The van der Waals surface area contributed by atoms with Crippen molar-refractivity contribution >= 4 is 45.1 Å². The first-order valence-corrected chi connectivity index (χ1v) is 14.6. The van der Waals surface area contributed by atoms with Gasteiger partial charge in [0.05, 0.1) is 28.8 Å². The van der Waals surface area contributed by atoms with E-state index in [-0.39, 0.29) is 16.3 Å². The Bertz CT molecular complexity index is 1730. The molecule has 222 valence electrons. The topological polar surface area (TPSA) is 140 Å². The summed E-state index contributed by atoms with van der Waals surface area (Å²) in [5.74, 6) is 0.371. The first kappa shape index (κ1) is 31.0. The van der Waals surface area contributed by atoms with Crippen LogP contribution in [0.2, 0.25) is 5.02 Å². The fourth-order valence-electron chi connectivity index (χ4n) is 3.88. The number of carbonyl (C=O) groups is 1. The predicted molar refractivity (Wildman–Crippen MR) is 163 cm³/mol. The summed E-state index contributed by atoms with van der Waals surface area (Å²) in [6.07, 6.45) is 1.40. The van der Waals surface area contributed by atoms with Crippen molar-refractivity contribution in [1.82, 2.24) is 5.43 Å². The van der Waals surface area contributed by atoms with Gasteiger partial charge in [-0.1, -0.05) is 29.8 Å². The van der Waals surface area contributed by atoms with Gasteiger partial charge in [-0.3, -0.25) is 19.2 Å². The van der Waals surface area contributed by atoms with E-state index in [1.165, 1.54) is 56.6 Å². The largest absolute Gasteiger partial charge is 0.497 e. The SMILES string of the molecule is COc1ccc(N(CC(=O)N/N=C\c2ccc(OCc3ccc(Cl)cc3)cc2)S(=O)(=O)c2ccc(C)c([N+](=O)[O-])c2)cc1. The predicted octanol–water partition coefficient (Wildman–Crippen LogP) is 5.49. The number of nitro groups is 1. The van der Waals surface area contributed by atoms with Gasteiger partial charge in [0.25, 0.3) is 21.6 Å². The Morgan fingerprint density at radius 1 is 1.00 bits per heavy atom. The molecule has 0 aliphatic heterocycles. The number of halogens is 1. The van der Waals surface area contributed by atoms with Crippen LogP contribution < -0.4 is 19.2 Å². The van der Waals surface area contributed by atoms with E-state index in [0.717, 1.165) is 15.9 Å². The van der Waals surface area contributed by atoms with Gasteiger partial charge in [0.15, 0.2) is 0 Å². The van der Waals surface area contributed by atoms with Crippen LogP contribution in [0.3, 0.4) is 0 Å². The number of methoxy groups -OCH3 is 1. The monoisotopic (exact) mass is 622 g/mol. The number of nitrogens with one attached hydrogen (secondary N) is 1. The molecule has 0 fully saturated rings. The van der Waals surface area contributed by atoms with E-state index < -0.39 is 27.4 Å². The van der Waals surface area contributed by atoms with E-state index in [9.17, 15) is 23.3 Å². The number of carbonyl (C=O) groups excluding carboxylic acids is 1. The molecule has 4 rings (SSSR count). The zero-order valence-corrected chi connectivity index (χ0v) is 24.7. The summed E-state index contributed by atoms with van der Waals surface area (Å²) in [4.78, 5) is 23.3. The van der Waals surface area contributed by atoms with E-state index in [0.29, 0.717) is 34.3 Å². The van der Waals surface area contributed by atoms with Crippen molar-refractivity contribution in [2.24, 2.45) is 5.10 Å². The molecule has 0 spiro atoms. The molecule has 0 unspecified atom stereocenters. The molecule has 11 nitrogen and oxygen atoms in total. The fraction of sp³-hybridized carbons (Fsp3) is 0.133. The van der Waals surface area contributed by atoms with Crippen molar-refractivity contribution in [2.45, 2.75) is 18.4 Å². The number of ether oxygens (including phenoxy) is 2. The maximum atomic E-state index is 13.6. The van der Waals surface area contributed by atoms with Gasteiger partial charge in [0.2, 0.25) is 0 Å². The van der Waals surface area contributed by atoms with Gasteiger partial charge in [-0.05, 0) is 84.8 Å². The summed E-state index contributed by atoms with van der Waals surface area (Å²) < 4.78 is 39.0. The molecule has 0 heterocycles. The van der Waals surface area contributed by atoms with Crippen molar-refractivity contribution < 1.29 is 27.6 Å². The molecule has 13 heteroatoms. The number of rotatable bonds is 12. The average Bonchev–Trinajstić information content (AvgIpc) is 3.00. The normalized spacial score (nSPS) is 11.2. The van der Waals surface area contributed by atoms with Gasteiger partial charge in [0, 0.05) is 16.7 Å². The van der Waals surface area contributed by atoms with Crippen LogP contribution in [0.4, 0.5) is 11.4 Å². The Labute approximate surface area is 253 Å². The lowest BCUT2D eigenvalue weighted by Crippen LogP contribution is -2.39. The summed E-state index contributed by atoms with van der Waals surface area (Å²) in [5, 5.41) is 16.0. The van der Waals surface area contributed by atoms with Crippen molar-refractivity contribution in [3.8, 4) is 11.5 Å². The number of hydrogen-bond acceptors (Lipinski definition) is 8. The smallest absolute Gasteiger partial charge is 0.273 e. The second-order valence-electron chi connectivity index (χ2n) is 9.19. The average molecular weight is 623 g/mol. The molecular weight excluding hydrogens is 596 g/mol. The highest BCUT2D eigenvalue weighted by Gasteiger charge is 2.29. The van der Waals surface area contributed by atoms with Gasteiger partial charge < -0.3 is 9.47 Å².